The summed E-state index contributed by atoms with van der Waals surface area (Å²) >= 11 is 0. The number of carbonyl (C=O) groups is 1. The molecule has 0 spiro atoms. The lowest BCUT2D eigenvalue weighted by molar-refractivity contribution is 0.0697. The molecule has 0 unspecified atom stereocenters. The molecule has 1 aliphatic carbocycles. The quantitative estimate of drug-likeness (QED) is 0.809. The number of aryl methyl sites for hydroxylation is 2. The summed E-state index contributed by atoms with van der Waals surface area (Å²) in [6, 6.07) is 0. The number of nitrogens with one attached hydrogen (secondary N) is 1. The number of nitrogens with zero attached hydrogens (tertiary/aromatic N) is 3. The third-order valence-corrected chi connectivity index (χ3v) is 3.20. The van der Waals surface area contributed by atoms with E-state index >= 15 is 0 Å². The van der Waals surface area contributed by atoms with E-state index in [1.807, 2.05) is 0 Å². The molecule has 0 fully saturated rings. The number of rotatable bonds is 2. The smallest absolute Gasteiger partial charge is 0.339 e. The van der Waals surface area contributed by atoms with Crippen molar-refractivity contribution in [3.63, 3.8) is 0 Å². The molecular formula is C11H12N4O2. The largest absolute Gasteiger partial charge is 0.478 e. The van der Waals surface area contributed by atoms with E-state index in [0.29, 0.717) is 5.69 Å². The summed E-state index contributed by atoms with van der Waals surface area (Å²) < 4.78 is 1.57. The van der Waals surface area contributed by atoms with Crippen molar-refractivity contribution < 1.29 is 9.90 Å². The fraction of sp³-hybridized carbons (Fsp3) is 0.364. The second-order valence-electron chi connectivity index (χ2n) is 4.22. The molecule has 17 heavy (non-hydrogen) atoms. The molecule has 0 saturated carbocycles. The molecule has 0 aliphatic heterocycles. The van der Waals surface area contributed by atoms with Crippen LogP contribution in [0.2, 0.25) is 0 Å². The Morgan fingerprint density at radius 1 is 1.53 bits per heavy atom. The molecule has 2 heterocycles. The number of aromatic amines is 1. The van der Waals surface area contributed by atoms with Crippen molar-refractivity contribution in [2.45, 2.75) is 19.3 Å². The standard InChI is InChI=1S/C11H12N4O2/c1-15-10(7(5-12-15)11(16)17)9-6-3-2-4-8(6)13-14-9/h5H,2-4H2,1H3,(H,13,14)(H,16,17). The van der Waals surface area contributed by atoms with Gasteiger partial charge in [0.15, 0.2) is 0 Å². The molecule has 2 aromatic rings. The van der Waals surface area contributed by atoms with Gasteiger partial charge < -0.3 is 5.11 Å². The molecule has 88 valence electrons. The van der Waals surface area contributed by atoms with Crippen LogP contribution in [0.3, 0.4) is 0 Å². The van der Waals surface area contributed by atoms with Gasteiger partial charge in [-0.25, -0.2) is 4.79 Å². The van der Waals surface area contributed by atoms with E-state index in [-0.39, 0.29) is 5.56 Å². The van der Waals surface area contributed by atoms with Crippen LogP contribution in [-0.4, -0.2) is 31.1 Å². The monoisotopic (exact) mass is 232 g/mol. The van der Waals surface area contributed by atoms with Gasteiger partial charge >= 0.3 is 5.97 Å². The minimum atomic E-state index is -0.970. The third-order valence-electron chi connectivity index (χ3n) is 3.20. The Labute approximate surface area is 97.3 Å². The highest BCUT2D eigenvalue weighted by atomic mass is 16.4. The Kier molecular flexibility index (Phi) is 2.04. The molecule has 6 heteroatoms. The number of carboxylic acids is 1. The third kappa shape index (κ3) is 1.37. The van der Waals surface area contributed by atoms with Gasteiger partial charge in [0.25, 0.3) is 0 Å². The first-order valence-corrected chi connectivity index (χ1v) is 5.50. The molecule has 6 nitrogen and oxygen atoms in total. The minimum Gasteiger partial charge on any atom is -0.478 e. The van der Waals surface area contributed by atoms with Gasteiger partial charge in [0.05, 0.1) is 6.20 Å². The van der Waals surface area contributed by atoms with Gasteiger partial charge in [0.1, 0.15) is 17.0 Å². The molecule has 2 N–H and O–H groups in total. The second-order valence-corrected chi connectivity index (χ2v) is 4.22. The van der Waals surface area contributed by atoms with Gasteiger partial charge in [0, 0.05) is 18.3 Å². The number of aromatic carboxylic acids is 1. The van der Waals surface area contributed by atoms with Crippen LogP contribution >= 0.6 is 0 Å². The number of carboxylic acid groups (broad SMARTS) is 1. The van der Waals surface area contributed by atoms with Crippen molar-refractivity contribution in [3.05, 3.63) is 23.0 Å². The highest BCUT2D eigenvalue weighted by Crippen LogP contribution is 2.31. The predicted octanol–water partition coefficient (Wildman–Crippen LogP) is 0.997. The van der Waals surface area contributed by atoms with Crippen LogP contribution in [0.15, 0.2) is 6.20 Å². The van der Waals surface area contributed by atoms with Crippen molar-refractivity contribution in [1.29, 1.82) is 0 Å². The molecule has 0 amide bonds. The summed E-state index contributed by atoms with van der Waals surface area (Å²) in [5.74, 6) is -0.970. The molecule has 0 aromatic carbocycles. The van der Waals surface area contributed by atoms with Crippen molar-refractivity contribution in [3.8, 4) is 11.4 Å². The van der Waals surface area contributed by atoms with Gasteiger partial charge in [-0.3, -0.25) is 9.78 Å². The highest BCUT2D eigenvalue weighted by molar-refractivity contribution is 5.94. The maximum atomic E-state index is 11.1. The first-order chi connectivity index (χ1) is 8.18. The summed E-state index contributed by atoms with van der Waals surface area (Å²) in [6.45, 7) is 0. The van der Waals surface area contributed by atoms with Gasteiger partial charge in [-0.05, 0) is 19.3 Å². The fourth-order valence-electron chi connectivity index (χ4n) is 2.39. The normalized spacial score (nSPS) is 13.9. The zero-order valence-corrected chi connectivity index (χ0v) is 9.40. The molecule has 0 radical (unpaired) electrons. The first kappa shape index (κ1) is 10.1. The van der Waals surface area contributed by atoms with E-state index in [1.54, 1.807) is 11.7 Å². The van der Waals surface area contributed by atoms with Crippen molar-refractivity contribution in [1.82, 2.24) is 20.0 Å². The number of aromatic nitrogens is 4. The van der Waals surface area contributed by atoms with Gasteiger partial charge in [-0.15, -0.1) is 0 Å². The summed E-state index contributed by atoms with van der Waals surface area (Å²) in [7, 11) is 1.73. The Balaban J connectivity index is 2.21. The topological polar surface area (TPSA) is 83.8 Å². The summed E-state index contributed by atoms with van der Waals surface area (Å²) in [5, 5.41) is 20.4. The Morgan fingerprint density at radius 2 is 2.35 bits per heavy atom. The van der Waals surface area contributed by atoms with Crippen LogP contribution in [0.4, 0.5) is 0 Å². The maximum absolute atomic E-state index is 11.1. The van der Waals surface area contributed by atoms with Crippen LogP contribution in [0.5, 0.6) is 0 Å². The minimum absolute atomic E-state index is 0.202. The second kappa shape index (κ2) is 3.44. The fourth-order valence-corrected chi connectivity index (χ4v) is 2.39. The number of hydrogen-bond acceptors (Lipinski definition) is 3. The first-order valence-electron chi connectivity index (χ1n) is 5.50. The molecular weight excluding hydrogens is 220 g/mol. The van der Waals surface area contributed by atoms with E-state index < -0.39 is 5.97 Å². The molecule has 0 atom stereocenters. The van der Waals surface area contributed by atoms with Gasteiger partial charge in [-0.1, -0.05) is 0 Å². The van der Waals surface area contributed by atoms with Crippen LogP contribution in [0.25, 0.3) is 11.4 Å². The number of H-pyrrole nitrogens is 1. The molecule has 0 saturated heterocycles. The molecule has 3 rings (SSSR count). The lowest BCUT2D eigenvalue weighted by Crippen LogP contribution is -2.02. The van der Waals surface area contributed by atoms with E-state index in [9.17, 15) is 4.79 Å². The van der Waals surface area contributed by atoms with Crippen LogP contribution in [0, 0.1) is 0 Å². The SMILES string of the molecule is Cn1ncc(C(=O)O)c1-c1n[nH]c2c1CCC2. The number of fused-ring (bicyclic) bond motifs is 1. The Hall–Kier alpha value is -2.11. The average Bonchev–Trinajstić information content (AvgIpc) is 2.91. The van der Waals surface area contributed by atoms with Crippen LogP contribution < -0.4 is 0 Å². The van der Waals surface area contributed by atoms with E-state index in [1.165, 1.54) is 6.20 Å². The summed E-state index contributed by atoms with van der Waals surface area (Å²) in [5.41, 5.74) is 3.77. The van der Waals surface area contributed by atoms with Crippen molar-refractivity contribution in [2.75, 3.05) is 0 Å². The van der Waals surface area contributed by atoms with Crippen LogP contribution in [-0.2, 0) is 19.9 Å². The maximum Gasteiger partial charge on any atom is 0.339 e. The lowest BCUT2D eigenvalue weighted by atomic mass is 10.1. The summed E-state index contributed by atoms with van der Waals surface area (Å²) in [4.78, 5) is 11.1. The predicted molar refractivity (Wildman–Crippen MR) is 59.8 cm³/mol. The van der Waals surface area contributed by atoms with Crippen molar-refractivity contribution >= 4 is 5.97 Å². The summed E-state index contributed by atoms with van der Waals surface area (Å²) in [6.07, 6.45) is 4.40. The highest BCUT2D eigenvalue weighted by Gasteiger charge is 2.25. The Bertz CT molecular complexity index is 597. The van der Waals surface area contributed by atoms with E-state index in [4.69, 9.17) is 5.11 Å². The van der Waals surface area contributed by atoms with Gasteiger partial charge in [0.2, 0.25) is 0 Å². The Morgan fingerprint density at radius 3 is 3.12 bits per heavy atom. The molecule has 1 aliphatic rings. The van der Waals surface area contributed by atoms with Crippen LogP contribution in [0.1, 0.15) is 28.0 Å². The number of hydrogen-bond donors (Lipinski definition) is 2. The zero-order chi connectivity index (χ0) is 12.0. The molecule has 2 aromatic heterocycles. The molecule has 0 bridgehead atoms. The van der Waals surface area contributed by atoms with E-state index in [0.717, 1.165) is 36.2 Å². The van der Waals surface area contributed by atoms with Gasteiger partial charge in [-0.2, -0.15) is 10.2 Å². The van der Waals surface area contributed by atoms with E-state index in [2.05, 4.69) is 15.3 Å². The van der Waals surface area contributed by atoms with Crippen molar-refractivity contribution in [2.24, 2.45) is 7.05 Å². The zero-order valence-electron chi connectivity index (χ0n) is 9.40. The lowest BCUT2D eigenvalue weighted by Gasteiger charge is -2.02. The average molecular weight is 232 g/mol.